The van der Waals surface area contributed by atoms with E-state index in [1.54, 1.807) is 0 Å². The first-order chi connectivity index (χ1) is 17.0. The van der Waals surface area contributed by atoms with E-state index in [0.29, 0.717) is 0 Å². The van der Waals surface area contributed by atoms with Crippen LogP contribution < -0.4 is 4.90 Å². The largest absolute Gasteiger partial charge is 0.481 e. The molecular formula is C28H31NO7. The molecule has 0 bridgehead atoms. The van der Waals surface area contributed by atoms with Gasteiger partial charge < -0.3 is 25.3 Å². The Hall–Kier alpha value is -4.17. The third-order valence-electron chi connectivity index (χ3n) is 5.63. The van der Waals surface area contributed by atoms with Crippen molar-refractivity contribution in [2.45, 2.75) is 45.4 Å². The lowest BCUT2D eigenvalue weighted by Crippen LogP contribution is -2.42. The SMILES string of the molecule is Cc1cccc(N(Cc2ccccc2)Cc2ccccc2)c1C.O=C(O)CC(O)(CC(=O)O)C(=O)O. The zero-order chi connectivity index (χ0) is 26.7. The summed E-state index contributed by atoms with van der Waals surface area (Å²) in [5.41, 5.74) is 3.96. The maximum atomic E-state index is 10.3. The van der Waals surface area contributed by atoms with E-state index < -0.39 is 36.4 Å². The molecule has 0 aliphatic rings. The van der Waals surface area contributed by atoms with Crippen molar-refractivity contribution in [3.05, 3.63) is 101 Å². The van der Waals surface area contributed by atoms with Crippen LogP contribution in [0.3, 0.4) is 0 Å². The molecule has 0 atom stereocenters. The number of aliphatic hydroxyl groups is 1. The molecule has 0 aliphatic carbocycles. The summed E-state index contributed by atoms with van der Waals surface area (Å²) < 4.78 is 0. The van der Waals surface area contributed by atoms with Crippen LogP contribution in [-0.4, -0.2) is 43.9 Å². The fourth-order valence-electron chi connectivity index (χ4n) is 3.63. The molecule has 0 saturated heterocycles. The van der Waals surface area contributed by atoms with Crippen molar-refractivity contribution in [2.24, 2.45) is 0 Å². The van der Waals surface area contributed by atoms with Gasteiger partial charge in [0.1, 0.15) is 0 Å². The summed E-state index contributed by atoms with van der Waals surface area (Å²) in [5.74, 6) is -5.02. The lowest BCUT2D eigenvalue weighted by Gasteiger charge is -2.27. The first-order valence-corrected chi connectivity index (χ1v) is 11.3. The Labute approximate surface area is 210 Å². The predicted molar refractivity (Wildman–Crippen MR) is 136 cm³/mol. The standard InChI is InChI=1S/C22H23N.C6H8O7/c1-18-10-9-15-22(19(18)2)23(16-20-11-5-3-6-12-20)17-21-13-7-4-8-14-21;7-3(8)1-6(13,5(11)12)2-4(9)10/h3-15H,16-17H2,1-2H3;13H,1-2H2,(H,7,8)(H,9,10)(H,11,12). The van der Waals surface area contributed by atoms with Gasteiger partial charge in [-0.3, -0.25) is 9.59 Å². The van der Waals surface area contributed by atoms with E-state index in [1.165, 1.54) is 27.9 Å². The number of hydrogen-bond acceptors (Lipinski definition) is 5. The number of aliphatic carboxylic acids is 3. The molecule has 0 radical (unpaired) electrons. The Morgan fingerprint density at radius 1 is 0.694 bits per heavy atom. The van der Waals surface area contributed by atoms with E-state index in [0.717, 1.165) is 13.1 Å². The number of hydrogen-bond donors (Lipinski definition) is 4. The van der Waals surface area contributed by atoms with Gasteiger partial charge in [0, 0.05) is 18.8 Å². The summed E-state index contributed by atoms with van der Waals surface area (Å²) in [6, 6.07) is 27.9. The number of rotatable bonds is 10. The molecule has 0 fully saturated rings. The van der Waals surface area contributed by atoms with Crippen molar-refractivity contribution < 1.29 is 34.8 Å². The van der Waals surface area contributed by atoms with Crippen LogP contribution in [0.15, 0.2) is 78.9 Å². The molecule has 190 valence electrons. The highest BCUT2D eigenvalue weighted by Gasteiger charge is 2.40. The summed E-state index contributed by atoms with van der Waals surface area (Å²) >= 11 is 0. The van der Waals surface area contributed by atoms with Crippen LogP contribution in [0.1, 0.15) is 35.1 Å². The van der Waals surface area contributed by atoms with Crippen LogP contribution >= 0.6 is 0 Å². The number of benzene rings is 3. The Morgan fingerprint density at radius 2 is 1.14 bits per heavy atom. The van der Waals surface area contributed by atoms with Crippen LogP contribution in [0.5, 0.6) is 0 Å². The molecule has 0 aromatic heterocycles. The van der Waals surface area contributed by atoms with Crippen LogP contribution in [0.25, 0.3) is 0 Å². The van der Waals surface area contributed by atoms with E-state index in [4.69, 9.17) is 20.4 Å². The molecule has 8 heteroatoms. The van der Waals surface area contributed by atoms with Gasteiger partial charge in [-0.1, -0.05) is 72.8 Å². The lowest BCUT2D eigenvalue weighted by molar-refractivity contribution is -0.170. The maximum Gasteiger partial charge on any atom is 0.336 e. The van der Waals surface area contributed by atoms with Crippen molar-refractivity contribution in [2.75, 3.05) is 4.90 Å². The fraction of sp³-hybridized carbons (Fsp3) is 0.250. The van der Waals surface area contributed by atoms with Crippen molar-refractivity contribution >= 4 is 23.6 Å². The van der Waals surface area contributed by atoms with Crippen molar-refractivity contribution in [1.29, 1.82) is 0 Å². The second-order valence-corrected chi connectivity index (χ2v) is 8.52. The predicted octanol–water partition coefficient (Wildman–Crippen LogP) is 4.26. The molecule has 8 nitrogen and oxygen atoms in total. The summed E-state index contributed by atoms with van der Waals surface area (Å²) in [7, 11) is 0. The average molecular weight is 494 g/mol. The highest BCUT2D eigenvalue weighted by atomic mass is 16.4. The highest BCUT2D eigenvalue weighted by molar-refractivity contribution is 5.88. The molecule has 4 N–H and O–H groups in total. The minimum atomic E-state index is -2.74. The third-order valence-corrected chi connectivity index (χ3v) is 5.63. The van der Waals surface area contributed by atoms with Gasteiger partial charge in [-0.25, -0.2) is 4.79 Å². The van der Waals surface area contributed by atoms with Crippen molar-refractivity contribution in [1.82, 2.24) is 0 Å². The van der Waals surface area contributed by atoms with E-state index in [9.17, 15) is 14.4 Å². The summed E-state index contributed by atoms with van der Waals surface area (Å²) in [4.78, 5) is 33.0. The van der Waals surface area contributed by atoms with Crippen molar-refractivity contribution in [3.8, 4) is 0 Å². The number of aryl methyl sites for hydroxylation is 1. The summed E-state index contributed by atoms with van der Waals surface area (Å²) in [5, 5.41) is 33.8. The Morgan fingerprint density at radius 3 is 1.53 bits per heavy atom. The van der Waals surface area contributed by atoms with Gasteiger partial charge in [0.25, 0.3) is 0 Å². The zero-order valence-electron chi connectivity index (χ0n) is 20.3. The smallest absolute Gasteiger partial charge is 0.336 e. The molecule has 0 aliphatic heterocycles. The second-order valence-electron chi connectivity index (χ2n) is 8.52. The van der Waals surface area contributed by atoms with Gasteiger partial charge in [-0.05, 0) is 42.2 Å². The normalized spacial score (nSPS) is 10.6. The minimum absolute atomic E-state index is 0.917. The van der Waals surface area contributed by atoms with Crippen LogP contribution in [-0.2, 0) is 27.5 Å². The van der Waals surface area contributed by atoms with Gasteiger partial charge in [0.15, 0.2) is 5.60 Å². The molecule has 0 spiro atoms. The maximum absolute atomic E-state index is 10.3. The Kier molecular flexibility index (Phi) is 10.2. The number of carboxylic acids is 3. The molecule has 0 unspecified atom stereocenters. The van der Waals surface area contributed by atoms with Gasteiger partial charge in [-0.15, -0.1) is 0 Å². The topological polar surface area (TPSA) is 135 Å². The van der Waals surface area contributed by atoms with Crippen LogP contribution in [0.4, 0.5) is 5.69 Å². The fourth-order valence-corrected chi connectivity index (χ4v) is 3.63. The zero-order valence-corrected chi connectivity index (χ0v) is 20.3. The van der Waals surface area contributed by atoms with Crippen LogP contribution in [0, 0.1) is 13.8 Å². The second kappa shape index (κ2) is 13.1. The summed E-state index contributed by atoms with van der Waals surface area (Å²) in [6.45, 7) is 6.23. The number of carboxylic acid groups (broad SMARTS) is 3. The Balaban J connectivity index is 0.000000302. The van der Waals surface area contributed by atoms with E-state index in [1.807, 2.05) is 0 Å². The molecule has 3 aromatic rings. The molecule has 0 amide bonds. The first-order valence-electron chi connectivity index (χ1n) is 11.3. The van der Waals surface area contributed by atoms with Gasteiger partial charge in [-0.2, -0.15) is 0 Å². The van der Waals surface area contributed by atoms with E-state index in [2.05, 4.69) is 97.6 Å². The number of anilines is 1. The molecule has 0 heterocycles. The van der Waals surface area contributed by atoms with E-state index >= 15 is 0 Å². The molecule has 3 aromatic carbocycles. The Bertz CT molecular complexity index is 1110. The monoisotopic (exact) mass is 493 g/mol. The molecule has 0 saturated carbocycles. The van der Waals surface area contributed by atoms with Crippen LogP contribution in [0.2, 0.25) is 0 Å². The number of nitrogens with zero attached hydrogens (tertiary/aromatic N) is 1. The van der Waals surface area contributed by atoms with E-state index in [-0.39, 0.29) is 0 Å². The minimum Gasteiger partial charge on any atom is -0.481 e. The highest BCUT2D eigenvalue weighted by Crippen LogP contribution is 2.26. The van der Waals surface area contributed by atoms with Crippen molar-refractivity contribution in [3.63, 3.8) is 0 Å². The first kappa shape index (κ1) is 28.1. The van der Waals surface area contributed by atoms with Gasteiger partial charge in [0.2, 0.25) is 0 Å². The molecule has 36 heavy (non-hydrogen) atoms. The third kappa shape index (κ3) is 8.56. The molecule has 3 rings (SSSR count). The number of carbonyl (C=O) groups is 3. The molecular weight excluding hydrogens is 462 g/mol. The quantitative estimate of drug-likeness (QED) is 0.329. The average Bonchev–Trinajstić information content (AvgIpc) is 2.81. The van der Waals surface area contributed by atoms with Gasteiger partial charge >= 0.3 is 17.9 Å². The summed E-state index contributed by atoms with van der Waals surface area (Å²) in [6.07, 6.45) is -2.29. The lowest BCUT2D eigenvalue weighted by atomic mass is 9.96. The van der Waals surface area contributed by atoms with Gasteiger partial charge in [0.05, 0.1) is 12.8 Å².